The first kappa shape index (κ1) is 16.2. The molecule has 0 saturated carbocycles. The van der Waals surface area contributed by atoms with E-state index in [0.717, 1.165) is 25.7 Å². The summed E-state index contributed by atoms with van der Waals surface area (Å²) in [5.74, 6) is 0. The minimum absolute atomic E-state index is 0.565. The van der Waals surface area contributed by atoms with E-state index in [0.29, 0.717) is 6.42 Å². The van der Waals surface area contributed by atoms with Crippen molar-refractivity contribution in [3.63, 3.8) is 0 Å². The molecule has 1 aromatic rings. The fourth-order valence-electron chi connectivity index (χ4n) is 2.30. The average Bonchev–Trinajstić information content (AvgIpc) is 2.45. The lowest BCUT2D eigenvalue weighted by molar-refractivity contribution is 0.00874. The summed E-state index contributed by atoms with van der Waals surface area (Å²) in [4.78, 5) is 0. The van der Waals surface area contributed by atoms with Crippen LogP contribution in [-0.2, 0) is 6.42 Å². The number of rotatable bonds is 10. The molecule has 0 aromatic heterocycles. The topological polar surface area (TPSA) is 40.5 Å². The number of unbranched alkanes of at least 4 members (excludes halogenated alkanes) is 4. The normalized spacial score (nSPS) is 14.3. The summed E-state index contributed by atoms with van der Waals surface area (Å²) in [6, 6.07) is 10.1. The highest BCUT2D eigenvalue weighted by molar-refractivity contribution is 5.14. The van der Waals surface area contributed by atoms with Crippen LogP contribution in [0.1, 0.15) is 57.4 Å². The van der Waals surface area contributed by atoms with Crippen molar-refractivity contribution >= 4 is 0 Å². The van der Waals surface area contributed by atoms with Crippen molar-refractivity contribution in [2.75, 3.05) is 0 Å². The zero-order chi connectivity index (χ0) is 13.9. The molecular formula is C17H28O2. The molecule has 0 aliphatic carbocycles. The fourth-order valence-corrected chi connectivity index (χ4v) is 2.30. The highest BCUT2D eigenvalue weighted by Gasteiger charge is 2.15. The molecule has 0 radical (unpaired) electrons. The number of hydrogen-bond acceptors (Lipinski definition) is 2. The summed E-state index contributed by atoms with van der Waals surface area (Å²) in [6.45, 7) is 2.20. The third kappa shape index (κ3) is 7.34. The minimum atomic E-state index is -0.591. The van der Waals surface area contributed by atoms with Gasteiger partial charge < -0.3 is 10.2 Å². The Hall–Kier alpha value is -0.860. The Morgan fingerprint density at radius 3 is 2.16 bits per heavy atom. The third-order valence-electron chi connectivity index (χ3n) is 3.62. The molecular weight excluding hydrogens is 236 g/mol. The van der Waals surface area contributed by atoms with E-state index in [4.69, 9.17) is 0 Å². The Morgan fingerprint density at radius 2 is 1.47 bits per heavy atom. The van der Waals surface area contributed by atoms with Crippen molar-refractivity contribution in [2.45, 2.75) is 70.5 Å². The molecule has 19 heavy (non-hydrogen) atoms. The van der Waals surface area contributed by atoms with Gasteiger partial charge in [-0.1, -0.05) is 69.4 Å². The molecule has 2 atom stereocenters. The van der Waals surface area contributed by atoms with Crippen molar-refractivity contribution in [2.24, 2.45) is 0 Å². The molecule has 2 heteroatoms. The molecule has 0 unspecified atom stereocenters. The standard InChI is InChI=1S/C17H28O2/c1-2-3-4-5-9-12-16(18)17(19)14-13-15-10-7-6-8-11-15/h6-8,10-11,16-19H,2-5,9,12-14H2,1H3/t16-,17-/m1/s1. The van der Waals surface area contributed by atoms with Gasteiger partial charge in [0.25, 0.3) is 0 Å². The van der Waals surface area contributed by atoms with E-state index in [1.807, 2.05) is 18.2 Å². The van der Waals surface area contributed by atoms with Crippen LogP contribution in [0.4, 0.5) is 0 Å². The predicted octanol–water partition coefficient (Wildman–Crippen LogP) is 3.70. The molecule has 0 heterocycles. The van der Waals surface area contributed by atoms with Crippen LogP contribution in [0.2, 0.25) is 0 Å². The van der Waals surface area contributed by atoms with Crippen molar-refractivity contribution < 1.29 is 10.2 Å². The Balaban J connectivity index is 2.12. The summed E-state index contributed by atoms with van der Waals surface area (Å²) in [7, 11) is 0. The Labute approximate surface area is 117 Å². The van der Waals surface area contributed by atoms with Crippen LogP contribution in [0.15, 0.2) is 30.3 Å². The quantitative estimate of drug-likeness (QED) is 0.633. The number of benzene rings is 1. The number of aliphatic hydroxyl groups is 2. The van der Waals surface area contributed by atoms with Gasteiger partial charge in [-0.3, -0.25) is 0 Å². The van der Waals surface area contributed by atoms with E-state index in [9.17, 15) is 10.2 Å². The van der Waals surface area contributed by atoms with Gasteiger partial charge in [0, 0.05) is 0 Å². The first-order valence-corrected chi connectivity index (χ1v) is 7.64. The maximum absolute atomic E-state index is 9.93. The second-order valence-corrected chi connectivity index (χ2v) is 5.36. The molecule has 2 nitrogen and oxygen atoms in total. The smallest absolute Gasteiger partial charge is 0.0802 e. The molecule has 0 aliphatic heterocycles. The van der Waals surface area contributed by atoms with Crippen LogP contribution < -0.4 is 0 Å². The lowest BCUT2D eigenvalue weighted by atomic mass is 9.99. The molecule has 0 saturated heterocycles. The summed E-state index contributed by atoms with van der Waals surface area (Å²) in [5, 5.41) is 19.8. The first-order chi connectivity index (χ1) is 9.24. The van der Waals surface area contributed by atoms with Gasteiger partial charge >= 0.3 is 0 Å². The third-order valence-corrected chi connectivity index (χ3v) is 3.62. The molecule has 1 rings (SSSR count). The molecule has 0 spiro atoms. The summed E-state index contributed by atoms with van der Waals surface area (Å²) < 4.78 is 0. The van der Waals surface area contributed by atoms with Crippen molar-refractivity contribution in [3.05, 3.63) is 35.9 Å². The summed E-state index contributed by atoms with van der Waals surface area (Å²) in [6.07, 6.45) is 6.96. The maximum atomic E-state index is 9.93. The van der Waals surface area contributed by atoms with E-state index in [1.165, 1.54) is 24.8 Å². The Bertz CT molecular complexity index is 310. The zero-order valence-electron chi connectivity index (χ0n) is 12.1. The monoisotopic (exact) mass is 264 g/mol. The van der Waals surface area contributed by atoms with Gasteiger partial charge in [0.1, 0.15) is 0 Å². The Morgan fingerprint density at radius 1 is 0.842 bits per heavy atom. The lowest BCUT2D eigenvalue weighted by Gasteiger charge is -2.17. The predicted molar refractivity (Wildman–Crippen MR) is 80.2 cm³/mol. The maximum Gasteiger partial charge on any atom is 0.0802 e. The molecule has 0 amide bonds. The van der Waals surface area contributed by atoms with E-state index in [1.54, 1.807) is 0 Å². The number of hydrogen-bond donors (Lipinski definition) is 2. The molecule has 0 aliphatic rings. The van der Waals surface area contributed by atoms with Gasteiger partial charge in [0.05, 0.1) is 12.2 Å². The van der Waals surface area contributed by atoms with Crippen molar-refractivity contribution in [1.29, 1.82) is 0 Å². The highest BCUT2D eigenvalue weighted by atomic mass is 16.3. The van der Waals surface area contributed by atoms with Crippen LogP contribution in [0.5, 0.6) is 0 Å². The van der Waals surface area contributed by atoms with Gasteiger partial charge in [-0.15, -0.1) is 0 Å². The zero-order valence-corrected chi connectivity index (χ0v) is 12.1. The molecule has 2 N–H and O–H groups in total. The van der Waals surface area contributed by atoms with Crippen LogP contribution in [0, 0.1) is 0 Å². The molecule has 108 valence electrons. The number of aryl methyl sites for hydroxylation is 1. The van der Waals surface area contributed by atoms with Crippen molar-refractivity contribution in [3.8, 4) is 0 Å². The van der Waals surface area contributed by atoms with Gasteiger partial charge in [-0.05, 0) is 24.8 Å². The van der Waals surface area contributed by atoms with Crippen LogP contribution in [0.3, 0.4) is 0 Å². The SMILES string of the molecule is CCCCCCC[C@@H](O)[C@H](O)CCc1ccccc1. The number of aliphatic hydroxyl groups excluding tert-OH is 2. The van der Waals surface area contributed by atoms with Gasteiger partial charge in [-0.25, -0.2) is 0 Å². The van der Waals surface area contributed by atoms with Crippen LogP contribution >= 0.6 is 0 Å². The highest BCUT2D eigenvalue weighted by Crippen LogP contribution is 2.13. The minimum Gasteiger partial charge on any atom is -0.390 e. The largest absolute Gasteiger partial charge is 0.390 e. The molecule has 0 bridgehead atoms. The average molecular weight is 264 g/mol. The van der Waals surface area contributed by atoms with E-state index in [2.05, 4.69) is 19.1 Å². The Kier molecular flexibility index (Phi) is 8.52. The lowest BCUT2D eigenvalue weighted by Crippen LogP contribution is -2.26. The fraction of sp³-hybridized carbons (Fsp3) is 0.647. The summed E-state index contributed by atoms with van der Waals surface area (Å²) in [5.41, 5.74) is 1.22. The second-order valence-electron chi connectivity index (χ2n) is 5.36. The second kappa shape index (κ2) is 9.99. The van der Waals surface area contributed by atoms with Gasteiger partial charge in [0.15, 0.2) is 0 Å². The molecule has 0 fully saturated rings. The first-order valence-electron chi connectivity index (χ1n) is 7.64. The summed E-state index contributed by atoms with van der Waals surface area (Å²) >= 11 is 0. The van der Waals surface area contributed by atoms with E-state index >= 15 is 0 Å². The van der Waals surface area contributed by atoms with Crippen LogP contribution in [-0.4, -0.2) is 22.4 Å². The molecule has 1 aromatic carbocycles. The van der Waals surface area contributed by atoms with E-state index in [-0.39, 0.29) is 0 Å². The van der Waals surface area contributed by atoms with E-state index < -0.39 is 12.2 Å². The van der Waals surface area contributed by atoms with Crippen molar-refractivity contribution in [1.82, 2.24) is 0 Å². The van der Waals surface area contributed by atoms with Gasteiger partial charge in [-0.2, -0.15) is 0 Å². The van der Waals surface area contributed by atoms with Gasteiger partial charge in [0.2, 0.25) is 0 Å². The van der Waals surface area contributed by atoms with Crippen LogP contribution in [0.25, 0.3) is 0 Å².